The molecular weight excluding hydrogens is 414 g/mol. The molecular formula is C23H29N3O4S. The molecule has 0 bridgehead atoms. The minimum absolute atomic E-state index is 0.0665. The topological polar surface area (TPSA) is 97.2 Å². The van der Waals surface area contributed by atoms with Crippen LogP contribution in [0, 0.1) is 4.78 Å². The molecule has 1 aromatic carbocycles. The number of fused-ring (bicyclic) bond motifs is 1. The highest BCUT2D eigenvalue weighted by Crippen LogP contribution is 2.38. The van der Waals surface area contributed by atoms with E-state index >= 15 is 0 Å². The predicted molar refractivity (Wildman–Crippen MR) is 122 cm³/mol. The van der Waals surface area contributed by atoms with E-state index in [-0.39, 0.29) is 23.5 Å². The molecule has 2 aromatic heterocycles. The third-order valence-corrected chi connectivity index (χ3v) is 8.00. The minimum atomic E-state index is -2.90. The van der Waals surface area contributed by atoms with Crippen molar-refractivity contribution >= 4 is 20.6 Å². The van der Waals surface area contributed by atoms with Crippen molar-refractivity contribution < 1.29 is 13.7 Å². The molecule has 0 amide bonds. The maximum absolute atomic E-state index is 12.8. The third-order valence-electron chi connectivity index (χ3n) is 6.17. The van der Waals surface area contributed by atoms with Crippen LogP contribution < -0.4 is 10.3 Å². The van der Waals surface area contributed by atoms with Gasteiger partial charge >= 0.3 is 0 Å². The molecule has 0 spiro atoms. The zero-order valence-electron chi connectivity index (χ0n) is 18.1. The SMILES string of the molecule is CCS(=N)(=O)c1ccc(OC2CCC(OC)CC2)c(-c2cn(C)c(=O)c3[nH]ccc23)c1. The number of ether oxygens (including phenoxy) is 2. The summed E-state index contributed by atoms with van der Waals surface area (Å²) in [6, 6.07) is 7.21. The van der Waals surface area contributed by atoms with Crippen molar-refractivity contribution in [2.24, 2.45) is 7.05 Å². The van der Waals surface area contributed by atoms with Gasteiger partial charge in [0.15, 0.2) is 0 Å². The third kappa shape index (κ3) is 4.14. The molecule has 31 heavy (non-hydrogen) atoms. The van der Waals surface area contributed by atoms with Gasteiger partial charge in [-0.3, -0.25) is 4.79 Å². The molecule has 0 saturated heterocycles. The molecule has 1 saturated carbocycles. The number of nitrogens with one attached hydrogen (secondary N) is 2. The van der Waals surface area contributed by atoms with Crippen LogP contribution in [0.3, 0.4) is 0 Å². The first-order valence-electron chi connectivity index (χ1n) is 10.6. The number of aryl methyl sites for hydroxylation is 1. The molecule has 7 nitrogen and oxygen atoms in total. The molecule has 1 aliphatic rings. The highest BCUT2D eigenvalue weighted by Gasteiger charge is 2.24. The fourth-order valence-electron chi connectivity index (χ4n) is 4.24. The highest BCUT2D eigenvalue weighted by atomic mass is 32.2. The van der Waals surface area contributed by atoms with Gasteiger partial charge in [0.25, 0.3) is 5.56 Å². The monoisotopic (exact) mass is 443 g/mol. The fraction of sp³-hybridized carbons (Fsp3) is 0.435. The number of hydrogen-bond acceptors (Lipinski definition) is 5. The molecule has 0 aliphatic heterocycles. The van der Waals surface area contributed by atoms with Crippen LogP contribution >= 0.6 is 0 Å². The Morgan fingerprint density at radius 3 is 2.55 bits per heavy atom. The molecule has 0 radical (unpaired) electrons. The Balaban J connectivity index is 1.83. The van der Waals surface area contributed by atoms with Crippen LogP contribution in [0.15, 0.2) is 46.3 Å². The van der Waals surface area contributed by atoms with Crippen LogP contribution in [0.4, 0.5) is 0 Å². The van der Waals surface area contributed by atoms with Gasteiger partial charge in [0, 0.05) is 53.7 Å². The Kier molecular flexibility index (Phi) is 5.94. The van der Waals surface area contributed by atoms with E-state index in [1.807, 2.05) is 12.1 Å². The van der Waals surface area contributed by atoms with Crippen LogP contribution in [-0.4, -0.2) is 38.8 Å². The Hall–Kier alpha value is -2.58. The second kappa shape index (κ2) is 8.51. The van der Waals surface area contributed by atoms with Gasteiger partial charge in [-0.25, -0.2) is 8.99 Å². The van der Waals surface area contributed by atoms with E-state index in [1.165, 1.54) is 4.57 Å². The summed E-state index contributed by atoms with van der Waals surface area (Å²) in [5.74, 6) is 0.914. The first kappa shape index (κ1) is 21.6. The Morgan fingerprint density at radius 2 is 1.87 bits per heavy atom. The van der Waals surface area contributed by atoms with Crippen LogP contribution in [-0.2, 0) is 21.5 Å². The molecule has 1 atom stereocenters. The molecule has 8 heteroatoms. The molecule has 4 rings (SSSR count). The zero-order valence-corrected chi connectivity index (χ0v) is 19.0. The van der Waals surface area contributed by atoms with Crippen LogP contribution in [0.1, 0.15) is 32.6 Å². The summed E-state index contributed by atoms with van der Waals surface area (Å²) in [6.45, 7) is 1.75. The van der Waals surface area contributed by atoms with E-state index in [0.717, 1.165) is 42.2 Å². The summed E-state index contributed by atoms with van der Waals surface area (Å²) < 4.78 is 34.5. The number of methoxy groups -OCH3 is 1. The maximum Gasteiger partial charge on any atom is 0.274 e. The number of aromatic nitrogens is 2. The van der Waals surface area contributed by atoms with Gasteiger partial charge < -0.3 is 19.0 Å². The van der Waals surface area contributed by atoms with Crippen molar-refractivity contribution in [1.82, 2.24) is 9.55 Å². The average Bonchev–Trinajstić information content (AvgIpc) is 3.27. The van der Waals surface area contributed by atoms with E-state index < -0.39 is 9.73 Å². The number of pyridine rings is 1. The summed E-state index contributed by atoms with van der Waals surface area (Å²) in [7, 11) is 0.561. The highest BCUT2D eigenvalue weighted by molar-refractivity contribution is 7.92. The smallest absolute Gasteiger partial charge is 0.274 e. The van der Waals surface area contributed by atoms with Gasteiger partial charge in [0.1, 0.15) is 11.3 Å². The number of rotatable bonds is 6. The van der Waals surface area contributed by atoms with Crippen molar-refractivity contribution in [3.63, 3.8) is 0 Å². The number of H-pyrrole nitrogens is 1. The minimum Gasteiger partial charge on any atom is -0.490 e. The zero-order chi connectivity index (χ0) is 22.2. The molecule has 166 valence electrons. The van der Waals surface area contributed by atoms with E-state index in [4.69, 9.17) is 14.3 Å². The van der Waals surface area contributed by atoms with Crippen molar-refractivity contribution in [1.29, 1.82) is 4.78 Å². The van der Waals surface area contributed by atoms with Gasteiger partial charge in [-0.05, 0) is 49.9 Å². The van der Waals surface area contributed by atoms with Crippen molar-refractivity contribution in [2.75, 3.05) is 12.9 Å². The van der Waals surface area contributed by atoms with Crippen LogP contribution in [0.5, 0.6) is 5.75 Å². The van der Waals surface area contributed by atoms with E-state index in [9.17, 15) is 9.00 Å². The summed E-state index contributed by atoms with van der Waals surface area (Å²) >= 11 is 0. The van der Waals surface area contributed by atoms with Gasteiger partial charge in [0.05, 0.1) is 21.9 Å². The van der Waals surface area contributed by atoms with Crippen molar-refractivity contribution in [3.05, 3.63) is 47.0 Å². The molecule has 1 unspecified atom stereocenters. The first-order chi connectivity index (χ1) is 14.8. The number of benzene rings is 1. The summed E-state index contributed by atoms with van der Waals surface area (Å²) in [5, 5.41) is 0.779. The van der Waals surface area contributed by atoms with E-state index in [2.05, 4.69) is 4.98 Å². The lowest BCUT2D eigenvalue weighted by Crippen LogP contribution is -2.27. The average molecular weight is 444 g/mol. The number of hydrogen-bond donors (Lipinski definition) is 2. The van der Waals surface area contributed by atoms with Gasteiger partial charge in [-0.15, -0.1) is 0 Å². The Morgan fingerprint density at radius 1 is 1.16 bits per heavy atom. The molecule has 3 aromatic rings. The molecule has 1 aliphatic carbocycles. The van der Waals surface area contributed by atoms with Gasteiger partial charge in [-0.2, -0.15) is 0 Å². The number of nitrogens with zero attached hydrogens (tertiary/aromatic N) is 1. The van der Waals surface area contributed by atoms with E-state index in [1.54, 1.807) is 45.6 Å². The summed E-state index contributed by atoms with van der Waals surface area (Å²) in [5.41, 5.74) is 1.96. The van der Waals surface area contributed by atoms with Crippen molar-refractivity contribution in [2.45, 2.75) is 49.7 Å². The lowest BCUT2D eigenvalue weighted by Gasteiger charge is -2.29. The standard InChI is InChI=1S/C23H29N3O4S/c1-4-31(24,28)17-9-10-21(30-16-7-5-15(29-3)6-8-16)19(13-17)20-14-26(2)23(27)22-18(20)11-12-25-22/h9-16,24-25H,4-8H2,1-3H3. The first-order valence-corrected chi connectivity index (χ1v) is 12.3. The second-order valence-electron chi connectivity index (χ2n) is 8.10. The van der Waals surface area contributed by atoms with Gasteiger partial charge in [-0.1, -0.05) is 6.92 Å². The summed E-state index contributed by atoms with van der Waals surface area (Å²) in [4.78, 5) is 16.0. The molecule has 2 heterocycles. The largest absolute Gasteiger partial charge is 0.490 e. The molecule has 1 fully saturated rings. The maximum atomic E-state index is 12.8. The summed E-state index contributed by atoms with van der Waals surface area (Å²) in [6.07, 6.45) is 7.57. The van der Waals surface area contributed by atoms with Crippen LogP contribution in [0.25, 0.3) is 22.0 Å². The van der Waals surface area contributed by atoms with Crippen molar-refractivity contribution in [3.8, 4) is 16.9 Å². The fourth-order valence-corrected chi connectivity index (χ4v) is 5.17. The number of aromatic amines is 1. The van der Waals surface area contributed by atoms with Crippen LogP contribution in [0.2, 0.25) is 0 Å². The lowest BCUT2D eigenvalue weighted by molar-refractivity contribution is 0.0329. The Bertz CT molecular complexity index is 1250. The quantitative estimate of drug-likeness (QED) is 0.594. The second-order valence-corrected chi connectivity index (χ2v) is 10.5. The normalized spacial score (nSPS) is 21.1. The van der Waals surface area contributed by atoms with Gasteiger partial charge in [0.2, 0.25) is 0 Å². The predicted octanol–water partition coefficient (Wildman–Crippen LogP) is 4.30. The molecule has 2 N–H and O–H groups in total. The Labute approximate surface area is 182 Å². The lowest BCUT2D eigenvalue weighted by atomic mass is 9.94. The van der Waals surface area contributed by atoms with E-state index in [0.29, 0.717) is 16.2 Å².